The number of aromatic carboxylic acids is 1. The number of aromatic amines is 1. The van der Waals surface area contributed by atoms with Crippen LogP contribution in [-0.4, -0.2) is 36.5 Å². The highest BCUT2D eigenvalue weighted by molar-refractivity contribution is 7.11. The Bertz CT molecular complexity index is 648. The topological polar surface area (TPSA) is 121 Å². The van der Waals surface area contributed by atoms with Crippen LogP contribution >= 0.6 is 11.5 Å². The molecule has 9 heteroatoms. The molecule has 0 aliphatic heterocycles. The second kappa shape index (κ2) is 5.78. The molecule has 3 N–H and O–H groups in total. The fourth-order valence-corrected chi connectivity index (χ4v) is 2.40. The van der Waals surface area contributed by atoms with Crippen molar-refractivity contribution in [1.29, 1.82) is 0 Å². The third kappa shape index (κ3) is 2.82. The molecule has 0 radical (unpaired) electrons. The van der Waals surface area contributed by atoms with Gasteiger partial charge < -0.3 is 10.4 Å². The number of hydrogen-bond donors (Lipinski definition) is 3. The molecule has 0 saturated carbocycles. The van der Waals surface area contributed by atoms with Gasteiger partial charge in [0.15, 0.2) is 0 Å². The zero-order valence-electron chi connectivity index (χ0n) is 10.9. The summed E-state index contributed by atoms with van der Waals surface area (Å²) in [5.41, 5.74) is 0.354. The molecule has 0 aliphatic rings. The SMILES string of the molecule is CCCc1nc(C(=O)Nc2snc(C)c2C(=O)O)n[nH]1. The van der Waals surface area contributed by atoms with Gasteiger partial charge in [0.25, 0.3) is 5.91 Å². The van der Waals surface area contributed by atoms with Gasteiger partial charge in [-0.15, -0.1) is 5.10 Å². The predicted molar refractivity (Wildman–Crippen MR) is 72.1 cm³/mol. The molecule has 0 aromatic carbocycles. The van der Waals surface area contributed by atoms with Gasteiger partial charge in [-0.3, -0.25) is 9.89 Å². The maximum atomic E-state index is 11.9. The van der Waals surface area contributed by atoms with E-state index < -0.39 is 11.9 Å². The van der Waals surface area contributed by atoms with Gasteiger partial charge in [0.2, 0.25) is 5.82 Å². The number of aromatic nitrogens is 4. The average molecular weight is 295 g/mol. The number of rotatable bonds is 5. The first-order valence-corrected chi connectivity index (χ1v) is 6.72. The molecular weight excluding hydrogens is 282 g/mol. The lowest BCUT2D eigenvalue weighted by atomic mass is 10.2. The van der Waals surface area contributed by atoms with Crippen molar-refractivity contribution >= 4 is 28.4 Å². The molecule has 1 amide bonds. The maximum Gasteiger partial charge on any atom is 0.340 e. The van der Waals surface area contributed by atoms with Crippen molar-refractivity contribution in [3.63, 3.8) is 0 Å². The van der Waals surface area contributed by atoms with E-state index in [9.17, 15) is 9.59 Å². The van der Waals surface area contributed by atoms with Gasteiger partial charge >= 0.3 is 5.97 Å². The van der Waals surface area contributed by atoms with Crippen molar-refractivity contribution < 1.29 is 14.7 Å². The minimum absolute atomic E-state index is 0.00679. The number of anilines is 1. The lowest BCUT2D eigenvalue weighted by Crippen LogP contribution is -2.15. The van der Waals surface area contributed by atoms with Crippen LogP contribution in [0.15, 0.2) is 0 Å². The van der Waals surface area contributed by atoms with Crippen LogP contribution in [0.5, 0.6) is 0 Å². The van der Waals surface area contributed by atoms with E-state index >= 15 is 0 Å². The summed E-state index contributed by atoms with van der Waals surface area (Å²) < 4.78 is 3.92. The van der Waals surface area contributed by atoms with E-state index in [-0.39, 0.29) is 16.4 Å². The van der Waals surface area contributed by atoms with E-state index in [2.05, 4.69) is 24.9 Å². The predicted octanol–water partition coefficient (Wildman–Crippen LogP) is 1.47. The Hall–Kier alpha value is -2.29. The van der Waals surface area contributed by atoms with E-state index in [4.69, 9.17) is 5.11 Å². The Kier molecular flexibility index (Phi) is 4.08. The van der Waals surface area contributed by atoms with Crippen molar-refractivity contribution in [2.45, 2.75) is 26.7 Å². The second-order valence-corrected chi connectivity index (χ2v) is 4.86. The van der Waals surface area contributed by atoms with Crippen LogP contribution in [0.3, 0.4) is 0 Å². The number of nitrogens with zero attached hydrogens (tertiary/aromatic N) is 3. The number of carboxylic acid groups (broad SMARTS) is 1. The molecule has 0 atom stereocenters. The van der Waals surface area contributed by atoms with Crippen molar-refractivity contribution in [2.24, 2.45) is 0 Å². The summed E-state index contributed by atoms with van der Waals surface area (Å²) in [6.07, 6.45) is 1.58. The molecule has 0 fully saturated rings. The molecule has 2 aromatic rings. The Balaban J connectivity index is 2.17. The molecule has 0 spiro atoms. The minimum atomic E-state index is -1.13. The molecule has 2 rings (SSSR count). The second-order valence-electron chi connectivity index (χ2n) is 4.09. The standard InChI is InChI=1S/C11H13N5O3S/c1-3-4-6-12-8(15-14-6)9(17)13-10-7(11(18)19)5(2)16-20-10/h3-4H2,1-2H3,(H,13,17)(H,18,19)(H,12,14,15). The van der Waals surface area contributed by atoms with Crippen LogP contribution in [0.25, 0.3) is 0 Å². The molecule has 106 valence electrons. The number of carbonyl (C=O) groups excluding carboxylic acids is 1. The first-order valence-electron chi connectivity index (χ1n) is 5.95. The van der Waals surface area contributed by atoms with E-state index in [0.29, 0.717) is 17.9 Å². The average Bonchev–Trinajstić information content (AvgIpc) is 2.97. The summed E-state index contributed by atoms with van der Waals surface area (Å²) in [6.45, 7) is 3.56. The van der Waals surface area contributed by atoms with Gasteiger partial charge in [-0.25, -0.2) is 9.78 Å². The van der Waals surface area contributed by atoms with Crippen molar-refractivity contribution in [1.82, 2.24) is 19.6 Å². The minimum Gasteiger partial charge on any atom is -0.478 e. The van der Waals surface area contributed by atoms with Crippen LogP contribution < -0.4 is 5.32 Å². The van der Waals surface area contributed by atoms with Crippen LogP contribution in [0.1, 0.15) is 45.8 Å². The molecule has 8 nitrogen and oxygen atoms in total. The first-order chi connectivity index (χ1) is 9.52. The van der Waals surface area contributed by atoms with E-state index in [1.54, 1.807) is 6.92 Å². The monoisotopic (exact) mass is 295 g/mol. The molecule has 2 heterocycles. The number of aryl methyl sites for hydroxylation is 2. The zero-order chi connectivity index (χ0) is 14.7. The van der Waals surface area contributed by atoms with E-state index in [1.807, 2.05) is 6.92 Å². The molecule has 0 saturated heterocycles. The van der Waals surface area contributed by atoms with Gasteiger partial charge in [-0.05, 0) is 24.9 Å². The maximum absolute atomic E-state index is 11.9. The number of nitrogens with one attached hydrogen (secondary N) is 2. The largest absolute Gasteiger partial charge is 0.478 e. The van der Waals surface area contributed by atoms with Crippen LogP contribution in [0.2, 0.25) is 0 Å². The summed E-state index contributed by atoms with van der Waals surface area (Å²) in [4.78, 5) is 27.1. The van der Waals surface area contributed by atoms with Gasteiger partial charge in [0, 0.05) is 6.42 Å². The highest BCUT2D eigenvalue weighted by Crippen LogP contribution is 2.24. The molecule has 0 bridgehead atoms. The Morgan fingerprint density at radius 1 is 1.45 bits per heavy atom. The van der Waals surface area contributed by atoms with Crippen molar-refractivity contribution in [3.8, 4) is 0 Å². The van der Waals surface area contributed by atoms with Crippen molar-refractivity contribution in [3.05, 3.63) is 22.9 Å². The molecule has 20 heavy (non-hydrogen) atoms. The smallest absolute Gasteiger partial charge is 0.340 e. The summed E-state index contributed by atoms with van der Waals surface area (Å²) in [5.74, 6) is -1.09. The first kappa shape index (κ1) is 14.1. The number of carbonyl (C=O) groups is 2. The third-order valence-electron chi connectivity index (χ3n) is 2.53. The summed E-state index contributed by atoms with van der Waals surface area (Å²) in [7, 11) is 0. The van der Waals surface area contributed by atoms with Gasteiger partial charge in [0.05, 0.1) is 5.69 Å². The summed E-state index contributed by atoms with van der Waals surface area (Å²) in [6, 6.07) is 0. The number of amides is 1. The number of hydrogen-bond acceptors (Lipinski definition) is 6. The van der Waals surface area contributed by atoms with Gasteiger partial charge in [0.1, 0.15) is 16.4 Å². The highest BCUT2D eigenvalue weighted by Gasteiger charge is 2.21. The normalized spacial score (nSPS) is 10.5. The Labute approximate surface area is 118 Å². The lowest BCUT2D eigenvalue weighted by Gasteiger charge is -2.00. The number of H-pyrrole nitrogens is 1. The van der Waals surface area contributed by atoms with Gasteiger partial charge in [-0.1, -0.05) is 6.92 Å². The molecule has 0 unspecified atom stereocenters. The Morgan fingerprint density at radius 3 is 2.85 bits per heavy atom. The summed E-state index contributed by atoms with van der Waals surface area (Å²) >= 11 is 0.916. The molecule has 0 aliphatic carbocycles. The fourth-order valence-electron chi connectivity index (χ4n) is 1.61. The quantitative estimate of drug-likeness (QED) is 0.768. The van der Waals surface area contributed by atoms with Crippen LogP contribution in [0.4, 0.5) is 5.00 Å². The van der Waals surface area contributed by atoms with E-state index in [0.717, 1.165) is 18.0 Å². The Morgan fingerprint density at radius 2 is 2.20 bits per heavy atom. The lowest BCUT2D eigenvalue weighted by molar-refractivity contribution is 0.0697. The van der Waals surface area contributed by atoms with Crippen LogP contribution in [0, 0.1) is 6.92 Å². The number of carboxylic acids is 1. The zero-order valence-corrected chi connectivity index (χ0v) is 11.7. The van der Waals surface area contributed by atoms with Crippen LogP contribution in [-0.2, 0) is 6.42 Å². The summed E-state index contributed by atoms with van der Waals surface area (Å²) in [5, 5.41) is 18.2. The fraction of sp³-hybridized carbons (Fsp3) is 0.364. The molecule has 2 aromatic heterocycles. The molecular formula is C11H13N5O3S. The van der Waals surface area contributed by atoms with Crippen molar-refractivity contribution in [2.75, 3.05) is 5.32 Å². The van der Waals surface area contributed by atoms with Gasteiger partial charge in [-0.2, -0.15) is 4.37 Å². The highest BCUT2D eigenvalue weighted by atomic mass is 32.1. The third-order valence-corrected chi connectivity index (χ3v) is 3.38. The van der Waals surface area contributed by atoms with E-state index in [1.165, 1.54) is 0 Å².